The predicted molar refractivity (Wildman–Crippen MR) is 73.0 cm³/mol. The molecule has 0 fully saturated rings. The minimum absolute atomic E-state index is 0.338. The van der Waals surface area contributed by atoms with Crippen LogP contribution in [0.2, 0.25) is 0 Å². The van der Waals surface area contributed by atoms with Gasteiger partial charge < -0.3 is 25.2 Å². The van der Waals surface area contributed by atoms with Gasteiger partial charge in [-0.05, 0) is 30.7 Å². The van der Waals surface area contributed by atoms with E-state index in [1.807, 2.05) is 0 Å². The number of aromatic hydroxyl groups is 2. The highest BCUT2D eigenvalue weighted by atomic mass is 16.6. The molecule has 8 nitrogen and oxygen atoms in total. The highest BCUT2D eigenvalue weighted by Crippen LogP contribution is 2.25. The van der Waals surface area contributed by atoms with Gasteiger partial charge in [-0.25, -0.2) is 9.59 Å². The summed E-state index contributed by atoms with van der Waals surface area (Å²) in [6.45, 7) is 0.962. The Morgan fingerprint density at radius 2 is 1.82 bits per heavy atom. The molecule has 0 radical (unpaired) electrons. The van der Waals surface area contributed by atoms with Crippen molar-refractivity contribution in [1.82, 2.24) is 0 Å². The summed E-state index contributed by atoms with van der Waals surface area (Å²) in [6.07, 6.45) is -1.93. The lowest BCUT2D eigenvalue weighted by molar-refractivity contribution is -0.170. The minimum Gasteiger partial charge on any atom is -0.504 e. The number of phenolic OH excluding ortho intramolecular Hbond substituents is 2. The van der Waals surface area contributed by atoms with Crippen LogP contribution in [0.3, 0.4) is 0 Å². The van der Waals surface area contributed by atoms with Gasteiger partial charge in [-0.3, -0.25) is 4.79 Å². The summed E-state index contributed by atoms with van der Waals surface area (Å²) in [5.74, 6) is -4.35. The number of esters is 1. The topological polar surface area (TPSA) is 141 Å². The van der Waals surface area contributed by atoms with Crippen molar-refractivity contribution in [1.29, 1.82) is 0 Å². The predicted octanol–water partition coefficient (Wildman–Crippen LogP) is 0.0573. The van der Waals surface area contributed by atoms with Crippen LogP contribution in [0.25, 0.3) is 6.08 Å². The largest absolute Gasteiger partial charge is 0.504 e. The number of ether oxygens (including phenoxy) is 1. The van der Waals surface area contributed by atoms with Gasteiger partial charge in [-0.2, -0.15) is 0 Å². The van der Waals surface area contributed by atoms with Crippen molar-refractivity contribution in [3.8, 4) is 11.5 Å². The highest BCUT2D eigenvalue weighted by Gasteiger charge is 2.33. The Balaban J connectivity index is 2.78. The molecule has 0 amide bonds. The van der Waals surface area contributed by atoms with Gasteiger partial charge in [0.2, 0.25) is 6.10 Å². The number of rotatable bonds is 6. The van der Waals surface area contributed by atoms with E-state index >= 15 is 0 Å². The summed E-state index contributed by atoms with van der Waals surface area (Å²) in [7, 11) is 0. The second-order valence-electron chi connectivity index (χ2n) is 4.33. The van der Waals surface area contributed by atoms with Crippen LogP contribution in [-0.2, 0) is 19.1 Å². The van der Waals surface area contributed by atoms with Crippen molar-refractivity contribution in [2.75, 3.05) is 0 Å². The van der Waals surface area contributed by atoms with E-state index < -0.39 is 35.7 Å². The number of aliphatic carboxylic acids is 1. The van der Waals surface area contributed by atoms with E-state index in [0.717, 1.165) is 19.1 Å². The number of benzene rings is 1. The quantitative estimate of drug-likeness (QED) is 0.328. The molecule has 8 heteroatoms. The van der Waals surface area contributed by atoms with Gasteiger partial charge in [0, 0.05) is 6.08 Å². The molecule has 0 saturated carbocycles. The van der Waals surface area contributed by atoms with E-state index in [1.54, 1.807) is 0 Å². The van der Waals surface area contributed by atoms with Crippen molar-refractivity contribution >= 4 is 23.8 Å². The monoisotopic (exact) mass is 310 g/mol. The first-order valence-corrected chi connectivity index (χ1v) is 6.04. The Kier molecular flexibility index (Phi) is 5.65. The average Bonchev–Trinajstić information content (AvgIpc) is 2.44. The Labute approximate surface area is 124 Å². The third-order valence-corrected chi connectivity index (χ3v) is 2.60. The van der Waals surface area contributed by atoms with Crippen molar-refractivity contribution in [2.24, 2.45) is 0 Å². The number of ketones is 1. The molecule has 0 bridgehead atoms. The molecule has 2 atom stereocenters. The average molecular weight is 310 g/mol. The zero-order valence-electron chi connectivity index (χ0n) is 11.5. The Morgan fingerprint density at radius 1 is 1.18 bits per heavy atom. The van der Waals surface area contributed by atoms with Crippen LogP contribution in [0.5, 0.6) is 11.5 Å². The summed E-state index contributed by atoms with van der Waals surface area (Å²) in [4.78, 5) is 33.3. The number of carboxylic acid groups (broad SMARTS) is 1. The van der Waals surface area contributed by atoms with Crippen molar-refractivity contribution < 1.29 is 39.5 Å². The SMILES string of the molecule is CC(=O)[C@H](O)[C@@H](OC(=O)/C=C/c1ccc(O)c(O)c1)C(=O)O. The molecule has 0 aromatic heterocycles. The van der Waals surface area contributed by atoms with Crippen molar-refractivity contribution in [2.45, 2.75) is 19.1 Å². The number of Topliss-reactive ketones (excluding diaryl/α,β-unsaturated/α-hetero) is 1. The molecular formula is C14H14O8. The Bertz CT molecular complexity index is 619. The molecule has 0 spiro atoms. The van der Waals surface area contributed by atoms with E-state index in [9.17, 15) is 24.6 Å². The molecule has 4 N–H and O–H groups in total. The molecule has 0 heterocycles. The van der Waals surface area contributed by atoms with Crippen LogP contribution in [0.15, 0.2) is 24.3 Å². The van der Waals surface area contributed by atoms with E-state index in [1.165, 1.54) is 18.2 Å². The number of aliphatic hydroxyl groups excluding tert-OH is 1. The van der Waals surface area contributed by atoms with Crippen molar-refractivity contribution in [3.63, 3.8) is 0 Å². The zero-order valence-corrected chi connectivity index (χ0v) is 11.5. The molecule has 0 aliphatic heterocycles. The van der Waals surface area contributed by atoms with Gasteiger partial charge >= 0.3 is 11.9 Å². The molecule has 22 heavy (non-hydrogen) atoms. The van der Waals surface area contributed by atoms with Crippen LogP contribution in [-0.4, -0.2) is 50.4 Å². The molecule has 1 aromatic carbocycles. The second-order valence-corrected chi connectivity index (χ2v) is 4.33. The molecule has 0 aliphatic carbocycles. The number of carboxylic acids is 1. The van der Waals surface area contributed by atoms with E-state index in [-0.39, 0.29) is 5.75 Å². The first-order chi connectivity index (χ1) is 10.2. The molecule has 1 aromatic rings. The molecule has 0 unspecified atom stereocenters. The molecule has 118 valence electrons. The molecular weight excluding hydrogens is 296 g/mol. The molecule has 0 aliphatic rings. The standard InChI is InChI=1S/C14H14O8/c1-7(15)12(19)13(14(20)21)22-11(18)5-3-8-2-4-9(16)10(17)6-8/h2-6,12-13,16-17,19H,1H3,(H,20,21)/b5-3+/t12-,13+/m0/s1. The summed E-state index contributed by atoms with van der Waals surface area (Å²) in [5.41, 5.74) is 0.339. The number of hydrogen-bond donors (Lipinski definition) is 4. The summed E-state index contributed by atoms with van der Waals surface area (Å²) >= 11 is 0. The highest BCUT2D eigenvalue weighted by molar-refractivity contribution is 5.92. The first kappa shape index (κ1) is 17.2. The van der Waals surface area contributed by atoms with Gasteiger partial charge in [0.15, 0.2) is 23.4 Å². The van der Waals surface area contributed by atoms with E-state index in [2.05, 4.69) is 4.74 Å². The third kappa shape index (κ3) is 4.60. The fourth-order valence-corrected chi connectivity index (χ4v) is 1.44. The number of aliphatic hydroxyl groups is 1. The number of phenols is 2. The summed E-state index contributed by atoms with van der Waals surface area (Å²) in [5, 5.41) is 36.6. The van der Waals surface area contributed by atoms with Crippen LogP contribution >= 0.6 is 0 Å². The second kappa shape index (κ2) is 7.23. The van der Waals surface area contributed by atoms with Crippen LogP contribution < -0.4 is 0 Å². The molecule has 0 saturated heterocycles. The maximum absolute atomic E-state index is 11.5. The number of carbonyl (C=O) groups excluding carboxylic acids is 2. The smallest absolute Gasteiger partial charge is 0.348 e. The van der Waals surface area contributed by atoms with Gasteiger partial charge in [-0.15, -0.1) is 0 Å². The fourth-order valence-electron chi connectivity index (χ4n) is 1.44. The Hall–Kier alpha value is -2.87. The first-order valence-electron chi connectivity index (χ1n) is 6.04. The lowest BCUT2D eigenvalue weighted by Crippen LogP contribution is -2.41. The maximum atomic E-state index is 11.5. The van der Waals surface area contributed by atoms with Gasteiger partial charge in [-0.1, -0.05) is 6.07 Å². The van der Waals surface area contributed by atoms with Crippen LogP contribution in [0.1, 0.15) is 12.5 Å². The summed E-state index contributed by atoms with van der Waals surface area (Å²) < 4.78 is 4.50. The Morgan fingerprint density at radius 3 is 2.32 bits per heavy atom. The lowest BCUT2D eigenvalue weighted by Gasteiger charge is -2.16. The fraction of sp³-hybridized carbons (Fsp3) is 0.214. The third-order valence-electron chi connectivity index (χ3n) is 2.60. The van der Waals surface area contributed by atoms with Gasteiger partial charge in [0.25, 0.3) is 0 Å². The van der Waals surface area contributed by atoms with Gasteiger partial charge in [0.1, 0.15) is 0 Å². The zero-order chi connectivity index (χ0) is 16.9. The number of carbonyl (C=O) groups is 3. The maximum Gasteiger partial charge on any atom is 0.348 e. The van der Waals surface area contributed by atoms with E-state index in [4.69, 9.17) is 10.2 Å². The molecule has 1 rings (SSSR count). The normalized spacial score (nSPS) is 13.5. The van der Waals surface area contributed by atoms with Crippen LogP contribution in [0, 0.1) is 0 Å². The lowest BCUT2D eigenvalue weighted by atomic mass is 10.1. The van der Waals surface area contributed by atoms with Crippen LogP contribution in [0.4, 0.5) is 0 Å². The van der Waals surface area contributed by atoms with Gasteiger partial charge in [0.05, 0.1) is 0 Å². The summed E-state index contributed by atoms with van der Waals surface area (Å²) in [6, 6.07) is 3.75. The van der Waals surface area contributed by atoms with Crippen molar-refractivity contribution in [3.05, 3.63) is 29.8 Å². The van der Waals surface area contributed by atoms with E-state index in [0.29, 0.717) is 5.56 Å². The number of hydrogen-bond acceptors (Lipinski definition) is 7. The minimum atomic E-state index is -2.01.